The monoisotopic (exact) mass is 535 g/mol. The van der Waals surface area contributed by atoms with E-state index in [1.54, 1.807) is 13.8 Å². The molecular weight excluding hydrogens is 506 g/mol. The van der Waals surface area contributed by atoms with Crippen LogP contribution in [0.15, 0.2) is 41.3 Å². The molecule has 2 atom stereocenters. The van der Waals surface area contributed by atoms with Gasteiger partial charge in [0.15, 0.2) is 16.6 Å². The number of carboxylic acids is 1. The van der Waals surface area contributed by atoms with E-state index in [4.69, 9.17) is 9.47 Å². The van der Waals surface area contributed by atoms with Crippen molar-refractivity contribution in [1.29, 1.82) is 0 Å². The number of halogens is 4. The van der Waals surface area contributed by atoms with Gasteiger partial charge in [-0.1, -0.05) is 32.0 Å². The summed E-state index contributed by atoms with van der Waals surface area (Å²) in [5.41, 5.74) is -0.350. The predicted molar refractivity (Wildman–Crippen MR) is 125 cm³/mol. The average molecular weight is 536 g/mol. The van der Waals surface area contributed by atoms with Crippen molar-refractivity contribution in [3.63, 3.8) is 0 Å². The number of ether oxygens (including phenoxy) is 2. The molecule has 2 aromatic carbocycles. The Hall–Kier alpha value is -2.70. The van der Waals surface area contributed by atoms with Crippen molar-refractivity contribution in [2.45, 2.75) is 43.4 Å². The molecule has 1 unspecified atom stereocenters. The van der Waals surface area contributed by atoms with Crippen molar-refractivity contribution < 1.29 is 45.4 Å². The molecule has 0 saturated heterocycles. The number of carbonyl (C=O) groups is 1. The van der Waals surface area contributed by atoms with Crippen molar-refractivity contribution in [2.24, 2.45) is 5.92 Å². The van der Waals surface area contributed by atoms with Gasteiger partial charge < -0.3 is 14.6 Å². The standard InChI is InChI=1S/C24H29F4NO6S/c1-14(2)10-20(23(30)31)29(3)22(24(26,27)28)15-6-8-18(21(11-15)35-13-34-4)17-9-7-16(12-19(17)25)36(5,32)33/h6-9,11-12,14,20,22H,10,13H2,1-5H3,(H,30,31)/t20-,22?/m0/s1. The molecule has 0 amide bonds. The Morgan fingerprint density at radius 1 is 1.11 bits per heavy atom. The molecule has 36 heavy (non-hydrogen) atoms. The van der Waals surface area contributed by atoms with Crippen LogP contribution in [0.2, 0.25) is 0 Å². The number of hydrogen-bond acceptors (Lipinski definition) is 6. The number of carboxylic acid groups (broad SMARTS) is 1. The first-order valence-corrected chi connectivity index (χ1v) is 12.7. The van der Waals surface area contributed by atoms with Crippen LogP contribution in [0.4, 0.5) is 17.6 Å². The van der Waals surface area contributed by atoms with Crippen molar-refractivity contribution in [3.05, 3.63) is 47.8 Å². The second kappa shape index (κ2) is 11.6. The highest BCUT2D eigenvalue weighted by Crippen LogP contribution is 2.42. The molecule has 0 spiro atoms. The highest BCUT2D eigenvalue weighted by atomic mass is 32.2. The number of sulfone groups is 1. The van der Waals surface area contributed by atoms with Crippen LogP contribution >= 0.6 is 0 Å². The highest BCUT2D eigenvalue weighted by Gasteiger charge is 2.47. The van der Waals surface area contributed by atoms with Crippen LogP contribution in [-0.4, -0.2) is 63.8 Å². The zero-order chi connectivity index (χ0) is 27.4. The molecule has 2 rings (SSSR count). The fourth-order valence-electron chi connectivity index (χ4n) is 3.84. The fourth-order valence-corrected chi connectivity index (χ4v) is 4.47. The second-order valence-corrected chi connectivity index (χ2v) is 10.8. The SMILES string of the molecule is COCOc1cc(C(N(C)[C@@H](CC(C)C)C(=O)O)C(F)(F)F)ccc1-c1ccc(S(C)(=O)=O)cc1F. The highest BCUT2D eigenvalue weighted by molar-refractivity contribution is 7.90. The maximum Gasteiger partial charge on any atom is 0.408 e. The van der Waals surface area contributed by atoms with E-state index in [1.807, 2.05) is 0 Å². The summed E-state index contributed by atoms with van der Waals surface area (Å²) in [6.45, 7) is 3.06. The minimum atomic E-state index is -4.85. The van der Waals surface area contributed by atoms with E-state index in [0.717, 1.165) is 36.4 Å². The normalized spacial score (nSPS) is 14.2. The number of aliphatic carboxylic acids is 1. The Morgan fingerprint density at radius 3 is 2.19 bits per heavy atom. The molecule has 0 radical (unpaired) electrons. The van der Waals surface area contributed by atoms with E-state index in [9.17, 15) is 35.9 Å². The van der Waals surface area contributed by atoms with E-state index in [-0.39, 0.29) is 46.5 Å². The number of nitrogens with zero attached hydrogens (tertiary/aromatic N) is 1. The maximum atomic E-state index is 14.9. The van der Waals surface area contributed by atoms with Gasteiger partial charge in [0.05, 0.1) is 4.90 Å². The molecule has 200 valence electrons. The molecule has 0 heterocycles. The summed E-state index contributed by atoms with van der Waals surface area (Å²) >= 11 is 0. The lowest BCUT2D eigenvalue weighted by atomic mass is 9.95. The summed E-state index contributed by atoms with van der Waals surface area (Å²) in [5, 5.41) is 9.59. The van der Waals surface area contributed by atoms with Crippen LogP contribution < -0.4 is 4.74 Å². The first-order valence-electron chi connectivity index (χ1n) is 10.8. The molecule has 0 fully saturated rings. The molecule has 0 aromatic heterocycles. The molecule has 0 aliphatic heterocycles. The summed E-state index contributed by atoms with van der Waals surface area (Å²) in [6.07, 6.45) is -3.94. The largest absolute Gasteiger partial charge is 0.480 e. The Balaban J connectivity index is 2.65. The first-order chi connectivity index (χ1) is 16.6. The van der Waals surface area contributed by atoms with E-state index in [0.29, 0.717) is 0 Å². The van der Waals surface area contributed by atoms with Crippen LogP contribution in [0.25, 0.3) is 11.1 Å². The third kappa shape index (κ3) is 7.17. The topological polar surface area (TPSA) is 93.1 Å². The first kappa shape index (κ1) is 29.5. The zero-order valence-corrected chi connectivity index (χ0v) is 21.3. The Kier molecular flexibility index (Phi) is 9.49. The summed E-state index contributed by atoms with van der Waals surface area (Å²) in [4.78, 5) is 12.3. The van der Waals surface area contributed by atoms with Crippen LogP contribution in [0.1, 0.15) is 31.9 Å². The molecule has 0 aliphatic rings. The van der Waals surface area contributed by atoms with Crippen LogP contribution in [0, 0.1) is 11.7 Å². The van der Waals surface area contributed by atoms with Gasteiger partial charge in [0, 0.05) is 24.5 Å². The van der Waals surface area contributed by atoms with Gasteiger partial charge >= 0.3 is 12.1 Å². The molecular formula is C24H29F4NO6S. The van der Waals surface area contributed by atoms with Crippen molar-refractivity contribution in [3.8, 4) is 16.9 Å². The molecule has 0 saturated carbocycles. The summed E-state index contributed by atoms with van der Waals surface area (Å²) in [6, 6.07) is 2.85. The van der Waals surface area contributed by atoms with Gasteiger partial charge in [-0.3, -0.25) is 9.69 Å². The smallest absolute Gasteiger partial charge is 0.408 e. The van der Waals surface area contributed by atoms with Gasteiger partial charge in [0.1, 0.15) is 23.7 Å². The second-order valence-electron chi connectivity index (χ2n) is 8.81. The van der Waals surface area contributed by atoms with Gasteiger partial charge in [-0.15, -0.1) is 0 Å². The van der Waals surface area contributed by atoms with Crippen LogP contribution in [-0.2, 0) is 19.4 Å². The molecule has 0 aliphatic carbocycles. The molecule has 2 aromatic rings. The van der Waals surface area contributed by atoms with E-state index in [1.165, 1.54) is 25.3 Å². The van der Waals surface area contributed by atoms with Gasteiger partial charge in [-0.2, -0.15) is 13.2 Å². The van der Waals surface area contributed by atoms with Crippen molar-refractivity contribution in [2.75, 3.05) is 27.2 Å². The van der Waals surface area contributed by atoms with Gasteiger partial charge in [0.2, 0.25) is 0 Å². The minimum Gasteiger partial charge on any atom is -0.480 e. The van der Waals surface area contributed by atoms with E-state index >= 15 is 0 Å². The molecule has 12 heteroatoms. The van der Waals surface area contributed by atoms with Gasteiger partial charge in [-0.05, 0) is 43.1 Å². The van der Waals surface area contributed by atoms with E-state index in [2.05, 4.69) is 0 Å². The number of alkyl halides is 3. The van der Waals surface area contributed by atoms with Gasteiger partial charge in [-0.25, -0.2) is 12.8 Å². The predicted octanol–water partition coefficient (Wildman–Crippen LogP) is 4.91. The number of likely N-dealkylation sites (N-methyl/N-ethyl adjacent to an activating group) is 1. The van der Waals surface area contributed by atoms with Crippen molar-refractivity contribution in [1.82, 2.24) is 4.90 Å². The summed E-state index contributed by atoms with van der Waals surface area (Å²) < 4.78 is 91.3. The Morgan fingerprint density at radius 2 is 1.72 bits per heavy atom. The Labute approximate surface area is 207 Å². The lowest BCUT2D eigenvalue weighted by Gasteiger charge is -2.35. The van der Waals surface area contributed by atoms with Crippen LogP contribution in [0.3, 0.4) is 0 Å². The zero-order valence-electron chi connectivity index (χ0n) is 20.5. The van der Waals surface area contributed by atoms with E-state index < -0.39 is 39.9 Å². The summed E-state index contributed by atoms with van der Waals surface area (Å²) in [7, 11) is -1.30. The number of hydrogen-bond donors (Lipinski definition) is 1. The number of benzene rings is 2. The lowest BCUT2D eigenvalue weighted by molar-refractivity contribution is -0.192. The third-order valence-electron chi connectivity index (χ3n) is 5.50. The minimum absolute atomic E-state index is 0.0125. The Bertz CT molecular complexity index is 1180. The van der Waals surface area contributed by atoms with Crippen LogP contribution in [0.5, 0.6) is 5.75 Å². The third-order valence-corrected chi connectivity index (χ3v) is 6.61. The fraction of sp³-hybridized carbons (Fsp3) is 0.458. The number of rotatable bonds is 11. The van der Waals surface area contributed by atoms with Gasteiger partial charge in [0.25, 0.3) is 0 Å². The quantitative estimate of drug-likeness (QED) is 0.323. The molecule has 0 bridgehead atoms. The maximum absolute atomic E-state index is 14.9. The van der Waals surface area contributed by atoms with Crippen molar-refractivity contribution >= 4 is 15.8 Å². The molecule has 1 N–H and O–H groups in total. The number of methoxy groups -OCH3 is 1. The lowest BCUT2D eigenvalue weighted by Crippen LogP contribution is -2.46. The average Bonchev–Trinajstić information content (AvgIpc) is 2.74. The molecule has 7 nitrogen and oxygen atoms in total. The summed E-state index contributed by atoms with van der Waals surface area (Å²) in [5.74, 6) is -2.64.